The number of anilines is 1. The Morgan fingerprint density at radius 2 is 1.57 bits per heavy atom. The van der Waals surface area contributed by atoms with E-state index in [0.717, 1.165) is 41.8 Å². The number of aliphatic hydroxyl groups is 1. The lowest BCUT2D eigenvalue weighted by Crippen LogP contribution is -2.48. The molecule has 0 radical (unpaired) electrons. The van der Waals surface area contributed by atoms with Crippen LogP contribution in [0, 0.1) is 11.6 Å². The molecule has 2 atom stereocenters. The standard InChI is InChI=1S/C27H28F5N3O4S/c1-2-17-5-3-6-18(9-17)15-33-16-25(36)24(12-19-10-21(28)14-22(29)11-19)34-26(37)20-7-4-8-23(13-20)35-40(38,39)27(30,31)32/h3-11,13-14,24-25,33,35-36H,2,12,15-16H2,1H3,(H,34,37)/t24-,25-/m0/s1. The fraction of sp³-hybridized carbons (Fsp3) is 0.296. The Bertz CT molecular complexity index is 1410. The lowest BCUT2D eigenvalue weighted by Gasteiger charge is -2.25. The molecule has 40 heavy (non-hydrogen) atoms. The second-order valence-corrected chi connectivity index (χ2v) is 10.7. The molecule has 13 heteroatoms. The van der Waals surface area contributed by atoms with Crippen LogP contribution in [0.2, 0.25) is 0 Å². The van der Waals surface area contributed by atoms with Crippen molar-refractivity contribution >= 4 is 21.6 Å². The van der Waals surface area contributed by atoms with Crippen LogP contribution in [-0.4, -0.2) is 43.6 Å². The lowest BCUT2D eigenvalue weighted by atomic mass is 10.00. The molecule has 0 heterocycles. The van der Waals surface area contributed by atoms with Crippen LogP contribution in [0.25, 0.3) is 0 Å². The van der Waals surface area contributed by atoms with Crippen molar-refractivity contribution in [3.05, 3.63) is 101 Å². The summed E-state index contributed by atoms with van der Waals surface area (Å²) in [6, 6.07) is 13.8. The highest BCUT2D eigenvalue weighted by molar-refractivity contribution is 7.93. The topological polar surface area (TPSA) is 108 Å². The minimum atomic E-state index is -5.72. The first kappa shape index (κ1) is 31.0. The molecule has 1 amide bonds. The van der Waals surface area contributed by atoms with Gasteiger partial charge in [-0.25, -0.2) is 8.78 Å². The Morgan fingerprint density at radius 1 is 0.925 bits per heavy atom. The number of nitrogens with one attached hydrogen (secondary N) is 3. The monoisotopic (exact) mass is 585 g/mol. The van der Waals surface area contributed by atoms with Crippen LogP contribution in [0.5, 0.6) is 0 Å². The maximum Gasteiger partial charge on any atom is 0.516 e. The number of sulfonamides is 1. The zero-order chi connectivity index (χ0) is 29.5. The largest absolute Gasteiger partial charge is 0.516 e. The molecule has 0 saturated heterocycles. The Balaban J connectivity index is 1.76. The number of aliphatic hydroxyl groups excluding tert-OH is 1. The van der Waals surface area contributed by atoms with E-state index in [2.05, 4.69) is 10.6 Å². The maximum atomic E-state index is 13.8. The number of amides is 1. The molecule has 0 saturated carbocycles. The van der Waals surface area contributed by atoms with Crippen molar-refractivity contribution in [2.45, 2.75) is 44.0 Å². The quantitative estimate of drug-likeness (QED) is 0.238. The van der Waals surface area contributed by atoms with Gasteiger partial charge in [0.15, 0.2) is 0 Å². The number of hydrogen-bond acceptors (Lipinski definition) is 5. The molecule has 7 nitrogen and oxygen atoms in total. The van der Waals surface area contributed by atoms with E-state index in [-0.39, 0.29) is 24.1 Å². The normalized spacial score (nSPS) is 13.5. The number of aryl methyl sites for hydroxylation is 1. The zero-order valence-electron chi connectivity index (χ0n) is 21.3. The second kappa shape index (κ2) is 13.2. The van der Waals surface area contributed by atoms with E-state index < -0.39 is 50.9 Å². The van der Waals surface area contributed by atoms with Gasteiger partial charge in [-0.05, 0) is 59.9 Å². The number of alkyl halides is 3. The van der Waals surface area contributed by atoms with Crippen molar-refractivity contribution in [2.75, 3.05) is 11.3 Å². The summed E-state index contributed by atoms with van der Waals surface area (Å²) in [6.07, 6.45) is -0.598. The SMILES string of the molecule is CCc1cccc(CNC[C@H](O)[C@H](Cc2cc(F)cc(F)c2)NC(=O)c2cccc(NS(=O)(=O)C(F)(F)F)c2)c1. The first-order valence-corrected chi connectivity index (χ1v) is 13.7. The third-order valence-electron chi connectivity index (χ3n) is 5.92. The van der Waals surface area contributed by atoms with E-state index in [1.807, 2.05) is 31.2 Å². The Kier molecular flexibility index (Phi) is 10.2. The average Bonchev–Trinajstić information content (AvgIpc) is 2.87. The Labute approximate surface area is 228 Å². The van der Waals surface area contributed by atoms with Gasteiger partial charge in [0, 0.05) is 30.4 Å². The molecule has 3 aromatic rings. The van der Waals surface area contributed by atoms with Crippen LogP contribution in [0.15, 0.2) is 66.7 Å². The van der Waals surface area contributed by atoms with Crippen LogP contribution in [-0.2, 0) is 29.4 Å². The molecule has 3 rings (SSSR count). The van der Waals surface area contributed by atoms with Crippen LogP contribution in [0.3, 0.4) is 0 Å². The van der Waals surface area contributed by atoms with Gasteiger partial charge >= 0.3 is 15.5 Å². The lowest BCUT2D eigenvalue weighted by molar-refractivity contribution is -0.0429. The highest BCUT2D eigenvalue weighted by Crippen LogP contribution is 2.25. The van der Waals surface area contributed by atoms with Crippen LogP contribution in [0.1, 0.15) is 34.0 Å². The molecule has 0 unspecified atom stereocenters. The van der Waals surface area contributed by atoms with Gasteiger partial charge in [0.2, 0.25) is 0 Å². The van der Waals surface area contributed by atoms with E-state index >= 15 is 0 Å². The number of benzene rings is 3. The summed E-state index contributed by atoms with van der Waals surface area (Å²) in [7, 11) is -5.72. The molecule has 0 fully saturated rings. The Morgan fingerprint density at radius 3 is 2.23 bits per heavy atom. The number of hydrogen-bond donors (Lipinski definition) is 4. The summed E-state index contributed by atoms with van der Waals surface area (Å²) in [6.45, 7) is 2.38. The minimum Gasteiger partial charge on any atom is -0.390 e. The van der Waals surface area contributed by atoms with Gasteiger partial charge in [-0.3, -0.25) is 9.52 Å². The predicted octanol–water partition coefficient (Wildman–Crippen LogP) is 4.28. The summed E-state index contributed by atoms with van der Waals surface area (Å²) < 4.78 is 90.0. The predicted molar refractivity (Wildman–Crippen MR) is 140 cm³/mol. The summed E-state index contributed by atoms with van der Waals surface area (Å²) in [5.41, 5.74) is -4.06. The molecule has 0 aliphatic heterocycles. The highest BCUT2D eigenvalue weighted by atomic mass is 32.2. The van der Waals surface area contributed by atoms with Gasteiger partial charge in [-0.2, -0.15) is 21.6 Å². The van der Waals surface area contributed by atoms with Gasteiger partial charge in [0.05, 0.1) is 12.1 Å². The molecule has 0 bridgehead atoms. The minimum absolute atomic E-state index is 0.0233. The third kappa shape index (κ3) is 8.73. The van der Waals surface area contributed by atoms with E-state index in [4.69, 9.17) is 0 Å². The highest BCUT2D eigenvalue weighted by Gasteiger charge is 2.46. The zero-order valence-corrected chi connectivity index (χ0v) is 22.1. The van der Waals surface area contributed by atoms with Crippen molar-refractivity contribution in [2.24, 2.45) is 0 Å². The van der Waals surface area contributed by atoms with E-state index in [1.165, 1.54) is 16.9 Å². The van der Waals surface area contributed by atoms with Crippen LogP contribution >= 0.6 is 0 Å². The first-order valence-electron chi connectivity index (χ1n) is 12.2. The smallest absolute Gasteiger partial charge is 0.390 e. The van der Waals surface area contributed by atoms with E-state index in [9.17, 15) is 40.3 Å². The van der Waals surface area contributed by atoms with Gasteiger partial charge < -0.3 is 15.7 Å². The van der Waals surface area contributed by atoms with Crippen molar-refractivity contribution in [3.8, 4) is 0 Å². The number of rotatable bonds is 12. The Hall–Kier alpha value is -3.55. The molecular weight excluding hydrogens is 557 g/mol. The van der Waals surface area contributed by atoms with E-state index in [1.54, 1.807) is 0 Å². The van der Waals surface area contributed by atoms with Gasteiger partial charge in [0.1, 0.15) is 11.6 Å². The summed E-state index contributed by atoms with van der Waals surface area (Å²) in [4.78, 5) is 13.0. The summed E-state index contributed by atoms with van der Waals surface area (Å²) in [5.74, 6) is -2.56. The molecule has 216 valence electrons. The fourth-order valence-corrected chi connectivity index (χ4v) is 4.47. The molecule has 0 aromatic heterocycles. The fourth-order valence-electron chi connectivity index (χ4n) is 3.92. The third-order valence-corrected chi connectivity index (χ3v) is 7.04. The number of halogens is 5. The van der Waals surface area contributed by atoms with Crippen LogP contribution in [0.4, 0.5) is 27.6 Å². The summed E-state index contributed by atoms with van der Waals surface area (Å²) >= 11 is 0. The van der Waals surface area contributed by atoms with Crippen molar-refractivity contribution in [1.82, 2.24) is 10.6 Å². The second-order valence-electron chi connectivity index (χ2n) is 9.07. The maximum absolute atomic E-state index is 13.8. The molecule has 0 aliphatic carbocycles. The molecule has 3 aromatic carbocycles. The summed E-state index contributed by atoms with van der Waals surface area (Å²) in [5, 5.41) is 16.5. The van der Waals surface area contributed by atoms with Crippen LogP contribution < -0.4 is 15.4 Å². The molecule has 0 spiro atoms. The van der Waals surface area contributed by atoms with Gasteiger partial charge in [0.25, 0.3) is 5.91 Å². The first-order chi connectivity index (χ1) is 18.8. The van der Waals surface area contributed by atoms with E-state index in [0.29, 0.717) is 12.6 Å². The van der Waals surface area contributed by atoms with Crippen molar-refractivity contribution in [3.63, 3.8) is 0 Å². The number of carbonyl (C=O) groups excluding carboxylic acids is 1. The van der Waals surface area contributed by atoms with Crippen molar-refractivity contribution in [1.29, 1.82) is 0 Å². The number of carbonyl (C=O) groups is 1. The van der Waals surface area contributed by atoms with Gasteiger partial charge in [-0.1, -0.05) is 37.3 Å². The molecule has 4 N–H and O–H groups in total. The van der Waals surface area contributed by atoms with Gasteiger partial charge in [-0.15, -0.1) is 0 Å². The average molecular weight is 586 g/mol. The molecule has 0 aliphatic rings. The van der Waals surface area contributed by atoms with Crippen molar-refractivity contribution < 1.29 is 40.3 Å². The molecular formula is C27H28F5N3O4S.